The SMILES string of the molecule is Cc1ccc([N+](=O)[O-])cc1NC(=O)COc1ncnc2sc3c(c12)CCC(C)C3. The van der Waals surface area contributed by atoms with Gasteiger partial charge in [-0.1, -0.05) is 13.0 Å². The molecule has 1 N–H and O–H groups in total. The number of carbonyl (C=O) groups is 1. The molecule has 2 aromatic heterocycles. The van der Waals surface area contributed by atoms with Crippen molar-refractivity contribution in [1.29, 1.82) is 0 Å². The number of nitro benzene ring substituents is 1. The molecular formula is C20H20N4O4S. The summed E-state index contributed by atoms with van der Waals surface area (Å²) >= 11 is 1.67. The monoisotopic (exact) mass is 412 g/mol. The van der Waals surface area contributed by atoms with Gasteiger partial charge in [0.25, 0.3) is 11.6 Å². The number of anilines is 1. The number of amides is 1. The first-order chi connectivity index (χ1) is 13.9. The summed E-state index contributed by atoms with van der Waals surface area (Å²) < 4.78 is 5.73. The first-order valence-electron chi connectivity index (χ1n) is 9.35. The Bertz CT molecular complexity index is 1110. The van der Waals surface area contributed by atoms with Crippen molar-refractivity contribution >= 4 is 38.8 Å². The molecule has 3 aromatic rings. The van der Waals surface area contributed by atoms with E-state index >= 15 is 0 Å². The van der Waals surface area contributed by atoms with E-state index in [1.54, 1.807) is 24.3 Å². The van der Waals surface area contributed by atoms with Crippen LogP contribution in [-0.2, 0) is 17.6 Å². The molecular weight excluding hydrogens is 392 g/mol. The highest BCUT2D eigenvalue weighted by atomic mass is 32.1. The zero-order valence-corrected chi connectivity index (χ0v) is 16.9. The third kappa shape index (κ3) is 3.91. The Morgan fingerprint density at radius 1 is 1.41 bits per heavy atom. The number of nitro groups is 1. The molecule has 0 bridgehead atoms. The van der Waals surface area contributed by atoms with Crippen LogP contribution < -0.4 is 10.1 Å². The summed E-state index contributed by atoms with van der Waals surface area (Å²) in [5, 5.41) is 14.5. The molecule has 2 heterocycles. The minimum atomic E-state index is -0.496. The van der Waals surface area contributed by atoms with E-state index in [0.29, 0.717) is 17.5 Å². The minimum absolute atomic E-state index is 0.0801. The largest absolute Gasteiger partial charge is 0.467 e. The van der Waals surface area contributed by atoms with Crippen LogP contribution in [0.5, 0.6) is 5.88 Å². The maximum atomic E-state index is 12.4. The van der Waals surface area contributed by atoms with Crippen molar-refractivity contribution < 1.29 is 14.5 Å². The van der Waals surface area contributed by atoms with Gasteiger partial charge in [-0.15, -0.1) is 11.3 Å². The number of non-ortho nitro benzene ring substituents is 1. The van der Waals surface area contributed by atoms with Crippen molar-refractivity contribution in [2.75, 3.05) is 11.9 Å². The predicted molar refractivity (Wildman–Crippen MR) is 111 cm³/mol. The van der Waals surface area contributed by atoms with E-state index in [9.17, 15) is 14.9 Å². The van der Waals surface area contributed by atoms with Crippen molar-refractivity contribution in [3.8, 4) is 5.88 Å². The summed E-state index contributed by atoms with van der Waals surface area (Å²) in [6, 6.07) is 4.34. The van der Waals surface area contributed by atoms with Crippen LogP contribution in [0, 0.1) is 23.0 Å². The number of thiophene rings is 1. The van der Waals surface area contributed by atoms with E-state index in [1.165, 1.54) is 28.9 Å². The molecule has 1 aromatic carbocycles. The Morgan fingerprint density at radius 2 is 2.24 bits per heavy atom. The lowest BCUT2D eigenvalue weighted by Gasteiger charge is -2.18. The second kappa shape index (κ2) is 7.75. The number of aromatic nitrogens is 2. The Balaban J connectivity index is 1.51. The fourth-order valence-corrected chi connectivity index (χ4v) is 4.87. The minimum Gasteiger partial charge on any atom is -0.467 e. The molecule has 150 valence electrons. The van der Waals surface area contributed by atoms with Gasteiger partial charge >= 0.3 is 0 Å². The number of nitrogens with zero attached hydrogens (tertiary/aromatic N) is 3. The number of aryl methyl sites for hydroxylation is 2. The number of hydrogen-bond acceptors (Lipinski definition) is 7. The Labute approximate surface area is 171 Å². The van der Waals surface area contributed by atoms with Crippen LogP contribution in [0.4, 0.5) is 11.4 Å². The molecule has 0 radical (unpaired) electrons. The highest BCUT2D eigenvalue weighted by Gasteiger charge is 2.24. The van der Waals surface area contributed by atoms with E-state index in [1.807, 2.05) is 0 Å². The molecule has 0 saturated heterocycles. The quantitative estimate of drug-likeness (QED) is 0.500. The van der Waals surface area contributed by atoms with Crippen LogP contribution in [0.2, 0.25) is 0 Å². The van der Waals surface area contributed by atoms with Crippen molar-refractivity contribution in [2.45, 2.75) is 33.1 Å². The summed E-state index contributed by atoms with van der Waals surface area (Å²) in [5.74, 6) is 0.655. The second-order valence-electron chi connectivity index (χ2n) is 7.30. The topological polar surface area (TPSA) is 107 Å². The van der Waals surface area contributed by atoms with E-state index < -0.39 is 10.8 Å². The first kappa shape index (κ1) is 19.3. The van der Waals surface area contributed by atoms with Gasteiger partial charge in [0, 0.05) is 17.0 Å². The average Bonchev–Trinajstić information content (AvgIpc) is 3.05. The summed E-state index contributed by atoms with van der Waals surface area (Å²) in [6.45, 7) is 3.78. The van der Waals surface area contributed by atoms with Crippen LogP contribution in [0.15, 0.2) is 24.5 Å². The van der Waals surface area contributed by atoms with Crippen LogP contribution in [0.1, 0.15) is 29.3 Å². The van der Waals surface area contributed by atoms with E-state index in [0.717, 1.165) is 35.0 Å². The fourth-order valence-electron chi connectivity index (χ4n) is 3.53. The van der Waals surface area contributed by atoms with Gasteiger partial charge in [-0.2, -0.15) is 0 Å². The average molecular weight is 412 g/mol. The number of carbonyl (C=O) groups excluding carboxylic acids is 1. The standard InChI is InChI=1S/C20H20N4O4S/c1-11-3-6-14-16(7-11)29-20-18(14)19(21-10-22-20)28-9-17(25)23-15-8-13(24(26)27)5-4-12(15)2/h4-5,8,10-11H,3,6-7,9H2,1-2H3,(H,23,25). The summed E-state index contributed by atoms with van der Waals surface area (Å²) in [6.07, 6.45) is 4.55. The summed E-state index contributed by atoms with van der Waals surface area (Å²) in [4.78, 5) is 33.6. The van der Waals surface area contributed by atoms with Crippen LogP contribution in [0.3, 0.4) is 0 Å². The van der Waals surface area contributed by atoms with Gasteiger partial charge < -0.3 is 10.1 Å². The highest BCUT2D eigenvalue weighted by molar-refractivity contribution is 7.18. The zero-order chi connectivity index (χ0) is 20.5. The van der Waals surface area contributed by atoms with Gasteiger partial charge in [-0.3, -0.25) is 14.9 Å². The van der Waals surface area contributed by atoms with E-state index in [2.05, 4.69) is 22.2 Å². The van der Waals surface area contributed by atoms with Crippen LogP contribution in [0.25, 0.3) is 10.2 Å². The van der Waals surface area contributed by atoms with Crippen molar-refractivity contribution in [3.63, 3.8) is 0 Å². The lowest BCUT2D eigenvalue weighted by atomic mass is 9.89. The predicted octanol–water partition coefficient (Wildman–Crippen LogP) is 4.05. The smallest absolute Gasteiger partial charge is 0.271 e. The molecule has 1 atom stereocenters. The van der Waals surface area contributed by atoms with Gasteiger partial charge in [-0.25, -0.2) is 9.97 Å². The Kier molecular flexibility index (Phi) is 5.14. The molecule has 0 aliphatic heterocycles. The van der Waals surface area contributed by atoms with E-state index in [-0.39, 0.29) is 12.3 Å². The molecule has 0 fully saturated rings. The fraction of sp³-hybridized carbons (Fsp3) is 0.350. The van der Waals surface area contributed by atoms with Gasteiger partial charge in [-0.05, 0) is 43.2 Å². The lowest BCUT2D eigenvalue weighted by Crippen LogP contribution is -2.21. The lowest BCUT2D eigenvalue weighted by molar-refractivity contribution is -0.384. The number of hydrogen-bond donors (Lipinski definition) is 1. The van der Waals surface area contributed by atoms with Gasteiger partial charge in [0.05, 0.1) is 16.0 Å². The maximum absolute atomic E-state index is 12.4. The number of nitrogens with one attached hydrogen (secondary N) is 1. The molecule has 1 aliphatic carbocycles. The highest BCUT2D eigenvalue weighted by Crippen LogP contribution is 2.40. The Morgan fingerprint density at radius 3 is 3.03 bits per heavy atom. The zero-order valence-electron chi connectivity index (χ0n) is 16.1. The number of benzene rings is 1. The molecule has 1 unspecified atom stereocenters. The van der Waals surface area contributed by atoms with Crippen molar-refractivity contribution in [3.05, 3.63) is 50.6 Å². The normalized spacial score (nSPS) is 15.7. The first-order valence-corrected chi connectivity index (χ1v) is 10.2. The van der Waals surface area contributed by atoms with Gasteiger partial charge in [0.15, 0.2) is 6.61 Å². The molecule has 9 heteroatoms. The molecule has 1 amide bonds. The van der Waals surface area contributed by atoms with Gasteiger partial charge in [0.1, 0.15) is 11.2 Å². The number of rotatable bonds is 5. The number of ether oxygens (including phenoxy) is 1. The molecule has 29 heavy (non-hydrogen) atoms. The van der Waals surface area contributed by atoms with Crippen LogP contribution >= 0.6 is 11.3 Å². The summed E-state index contributed by atoms with van der Waals surface area (Å²) in [7, 11) is 0. The van der Waals surface area contributed by atoms with Crippen molar-refractivity contribution in [1.82, 2.24) is 9.97 Å². The molecule has 8 nitrogen and oxygen atoms in total. The Hall–Kier alpha value is -3.07. The molecule has 4 rings (SSSR count). The summed E-state index contributed by atoms with van der Waals surface area (Å²) in [5.41, 5.74) is 2.27. The third-order valence-corrected chi connectivity index (χ3v) is 6.27. The third-order valence-electron chi connectivity index (χ3n) is 5.10. The molecule has 1 aliphatic rings. The van der Waals surface area contributed by atoms with Gasteiger partial charge in [0.2, 0.25) is 5.88 Å². The molecule has 0 saturated carbocycles. The number of fused-ring (bicyclic) bond motifs is 3. The second-order valence-corrected chi connectivity index (χ2v) is 8.39. The molecule has 0 spiro atoms. The van der Waals surface area contributed by atoms with Crippen molar-refractivity contribution in [2.24, 2.45) is 5.92 Å². The van der Waals surface area contributed by atoms with E-state index in [4.69, 9.17) is 4.74 Å². The van der Waals surface area contributed by atoms with Crippen LogP contribution in [-0.4, -0.2) is 27.4 Å². The maximum Gasteiger partial charge on any atom is 0.271 e.